The lowest BCUT2D eigenvalue weighted by Gasteiger charge is -2.33. The highest BCUT2D eigenvalue weighted by Gasteiger charge is 2.23. The quantitative estimate of drug-likeness (QED) is 0.571. The van der Waals surface area contributed by atoms with Crippen molar-refractivity contribution in [1.82, 2.24) is 9.97 Å². The minimum Gasteiger partial charge on any atom is -0.504 e. The first-order valence-corrected chi connectivity index (χ1v) is 11.1. The first kappa shape index (κ1) is 23.5. The Hall–Kier alpha value is -3.16. The number of carbonyl (C=O) groups excluding carboxylic acids is 1. The maximum absolute atomic E-state index is 12.5. The third-order valence-corrected chi connectivity index (χ3v) is 5.98. The third-order valence-electron chi connectivity index (χ3n) is 5.98. The molecular weight excluding hydrogens is 408 g/mol. The largest absolute Gasteiger partial charge is 0.504 e. The van der Waals surface area contributed by atoms with Crippen LogP contribution in [-0.2, 0) is 11.2 Å². The normalized spacial score (nSPS) is 14.4. The summed E-state index contributed by atoms with van der Waals surface area (Å²) in [7, 11) is 4.06. The van der Waals surface area contributed by atoms with Crippen LogP contribution in [0.15, 0.2) is 24.3 Å². The number of rotatable bonds is 9. The van der Waals surface area contributed by atoms with Crippen LogP contribution in [0.5, 0.6) is 5.75 Å². The second-order valence-electron chi connectivity index (χ2n) is 8.64. The Kier molecular flexibility index (Phi) is 7.66. The van der Waals surface area contributed by atoms with E-state index >= 15 is 0 Å². The van der Waals surface area contributed by atoms with E-state index in [1.54, 1.807) is 6.92 Å². The molecule has 2 N–H and O–H groups in total. The van der Waals surface area contributed by atoms with Gasteiger partial charge in [-0.15, -0.1) is 0 Å². The van der Waals surface area contributed by atoms with Crippen molar-refractivity contribution in [3.05, 3.63) is 41.5 Å². The number of hydrogen-bond acceptors (Lipinski definition) is 7. The van der Waals surface area contributed by atoms with E-state index in [4.69, 9.17) is 5.11 Å². The van der Waals surface area contributed by atoms with Gasteiger partial charge in [-0.2, -0.15) is 0 Å². The van der Waals surface area contributed by atoms with Gasteiger partial charge in [0.25, 0.3) is 0 Å². The van der Waals surface area contributed by atoms with Crippen LogP contribution >= 0.6 is 0 Å². The maximum Gasteiger partial charge on any atom is 0.303 e. The van der Waals surface area contributed by atoms with Gasteiger partial charge in [-0.3, -0.25) is 9.59 Å². The van der Waals surface area contributed by atoms with Gasteiger partial charge in [-0.25, -0.2) is 9.97 Å². The fourth-order valence-electron chi connectivity index (χ4n) is 4.04. The molecule has 2 heterocycles. The number of anilines is 2. The average Bonchev–Trinajstić information content (AvgIpc) is 2.76. The van der Waals surface area contributed by atoms with Crippen LogP contribution in [0.4, 0.5) is 11.4 Å². The SMILES string of the molecule is Cc1nc(CC2CCN(c3ccc(N(C)C)cc3)CC2)nc(C(=O)CCCC(=O)O)c1O. The molecule has 172 valence electrons. The van der Waals surface area contributed by atoms with Crippen LogP contribution in [-0.4, -0.2) is 59.1 Å². The Bertz CT molecular complexity index is 951. The van der Waals surface area contributed by atoms with Crippen molar-refractivity contribution in [3.63, 3.8) is 0 Å². The minimum atomic E-state index is -0.943. The van der Waals surface area contributed by atoms with Crippen molar-refractivity contribution < 1.29 is 19.8 Å². The lowest BCUT2D eigenvalue weighted by molar-refractivity contribution is -0.137. The molecule has 1 saturated heterocycles. The topological polar surface area (TPSA) is 107 Å². The smallest absolute Gasteiger partial charge is 0.303 e. The standard InChI is InChI=1S/C24H32N4O4/c1-16-24(32)23(20(29)5-4-6-22(30)31)26-21(25-16)15-17-11-13-28(14-12-17)19-9-7-18(8-10-19)27(2)3/h7-10,17,32H,4-6,11-15H2,1-3H3,(H,30,31). The number of aliphatic carboxylic acids is 1. The molecule has 2 aromatic rings. The highest BCUT2D eigenvalue weighted by molar-refractivity contribution is 5.97. The molecule has 1 aromatic carbocycles. The van der Waals surface area contributed by atoms with Crippen molar-refractivity contribution in [2.45, 2.75) is 45.4 Å². The summed E-state index contributed by atoms with van der Waals surface area (Å²) >= 11 is 0. The highest BCUT2D eigenvalue weighted by Crippen LogP contribution is 2.28. The van der Waals surface area contributed by atoms with Crippen LogP contribution in [0.25, 0.3) is 0 Å². The molecule has 0 spiro atoms. The summed E-state index contributed by atoms with van der Waals surface area (Å²) in [6, 6.07) is 8.57. The highest BCUT2D eigenvalue weighted by atomic mass is 16.4. The predicted octanol–water partition coefficient (Wildman–Crippen LogP) is 3.45. The van der Waals surface area contributed by atoms with E-state index in [1.807, 2.05) is 14.1 Å². The van der Waals surface area contributed by atoms with E-state index in [0.717, 1.165) is 25.9 Å². The van der Waals surface area contributed by atoms with E-state index in [1.165, 1.54) is 11.4 Å². The number of aromatic hydroxyl groups is 1. The van der Waals surface area contributed by atoms with E-state index in [9.17, 15) is 14.7 Å². The Morgan fingerprint density at radius 3 is 2.34 bits per heavy atom. The predicted molar refractivity (Wildman–Crippen MR) is 124 cm³/mol. The Morgan fingerprint density at radius 1 is 1.09 bits per heavy atom. The van der Waals surface area contributed by atoms with Crippen molar-refractivity contribution >= 4 is 23.1 Å². The van der Waals surface area contributed by atoms with Crippen LogP contribution in [0.2, 0.25) is 0 Å². The molecule has 0 saturated carbocycles. The maximum atomic E-state index is 12.5. The monoisotopic (exact) mass is 440 g/mol. The molecule has 0 bridgehead atoms. The molecule has 0 amide bonds. The zero-order valence-corrected chi connectivity index (χ0v) is 19.0. The molecule has 3 rings (SSSR count). The molecule has 1 fully saturated rings. The number of aryl methyl sites for hydroxylation is 1. The first-order chi connectivity index (χ1) is 15.2. The Morgan fingerprint density at radius 2 is 1.75 bits per heavy atom. The molecule has 0 unspecified atom stereocenters. The summed E-state index contributed by atoms with van der Waals surface area (Å²) in [6.45, 7) is 3.56. The summed E-state index contributed by atoms with van der Waals surface area (Å²) in [5.74, 6) is -0.514. The number of aromatic nitrogens is 2. The Labute approximate surface area is 188 Å². The van der Waals surface area contributed by atoms with Gasteiger partial charge in [0.1, 0.15) is 5.82 Å². The van der Waals surface area contributed by atoms with Gasteiger partial charge in [0.2, 0.25) is 0 Å². The summed E-state index contributed by atoms with van der Waals surface area (Å²) < 4.78 is 0. The zero-order valence-electron chi connectivity index (χ0n) is 19.0. The van der Waals surface area contributed by atoms with Gasteiger partial charge in [-0.1, -0.05) is 0 Å². The van der Waals surface area contributed by atoms with E-state index in [2.05, 4.69) is 44.0 Å². The number of carboxylic acids is 1. The summed E-state index contributed by atoms with van der Waals surface area (Å²) in [6.07, 6.45) is 2.84. The van der Waals surface area contributed by atoms with Gasteiger partial charge >= 0.3 is 5.97 Å². The van der Waals surface area contributed by atoms with E-state index in [0.29, 0.717) is 23.9 Å². The van der Waals surface area contributed by atoms with Crippen LogP contribution in [0, 0.1) is 12.8 Å². The summed E-state index contributed by atoms with van der Waals surface area (Å²) in [4.78, 5) is 36.4. The van der Waals surface area contributed by atoms with E-state index < -0.39 is 5.97 Å². The van der Waals surface area contributed by atoms with Crippen molar-refractivity contribution in [1.29, 1.82) is 0 Å². The molecular formula is C24H32N4O4. The molecule has 32 heavy (non-hydrogen) atoms. The molecule has 0 radical (unpaired) electrons. The second kappa shape index (κ2) is 10.4. The summed E-state index contributed by atoms with van der Waals surface area (Å²) in [5, 5.41) is 19.0. The molecule has 1 aromatic heterocycles. The first-order valence-electron chi connectivity index (χ1n) is 11.1. The number of carbonyl (C=O) groups is 2. The van der Waals surface area contributed by atoms with Crippen LogP contribution in [0.1, 0.15) is 54.1 Å². The number of piperidine rings is 1. The summed E-state index contributed by atoms with van der Waals surface area (Å²) in [5.41, 5.74) is 2.79. The molecule has 8 nitrogen and oxygen atoms in total. The van der Waals surface area contributed by atoms with Crippen LogP contribution < -0.4 is 9.80 Å². The van der Waals surface area contributed by atoms with Crippen molar-refractivity contribution in [3.8, 4) is 5.75 Å². The molecule has 0 aliphatic carbocycles. The third kappa shape index (κ3) is 5.96. The zero-order chi connectivity index (χ0) is 23.3. The van der Waals surface area contributed by atoms with E-state index in [-0.39, 0.29) is 36.5 Å². The molecule has 0 atom stereocenters. The Balaban J connectivity index is 1.60. The second-order valence-corrected chi connectivity index (χ2v) is 8.64. The fraction of sp³-hybridized carbons (Fsp3) is 0.500. The number of benzene rings is 1. The number of Topliss-reactive ketones (excluding diaryl/α,β-unsaturated/α-hetero) is 1. The van der Waals surface area contributed by atoms with Gasteiger partial charge in [-0.05, 0) is 56.4 Å². The minimum absolute atomic E-state index is 0.0105. The lowest BCUT2D eigenvalue weighted by Crippen LogP contribution is -2.34. The van der Waals surface area contributed by atoms with Gasteiger partial charge in [0, 0.05) is 57.8 Å². The molecule has 1 aliphatic heterocycles. The number of ketones is 1. The van der Waals surface area contributed by atoms with Gasteiger partial charge in [0.05, 0.1) is 5.69 Å². The molecule has 8 heteroatoms. The van der Waals surface area contributed by atoms with Crippen molar-refractivity contribution in [2.75, 3.05) is 37.0 Å². The molecule has 1 aliphatic rings. The van der Waals surface area contributed by atoms with Crippen molar-refractivity contribution in [2.24, 2.45) is 5.92 Å². The lowest BCUT2D eigenvalue weighted by atomic mass is 9.92. The van der Waals surface area contributed by atoms with Crippen LogP contribution in [0.3, 0.4) is 0 Å². The van der Waals surface area contributed by atoms with Gasteiger partial charge < -0.3 is 20.0 Å². The number of nitrogens with zero attached hydrogens (tertiary/aromatic N) is 4. The average molecular weight is 441 g/mol. The van der Waals surface area contributed by atoms with Gasteiger partial charge in [0.15, 0.2) is 17.2 Å². The number of hydrogen-bond donors (Lipinski definition) is 2. The fourth-order valence-corrected chi connectivity index (χ4v) is 4.04. The number of carboxylic acid groups (broad SMARTS) is 1.